The first-order valence-corrected chi connectivity index (χ1v) is 14.5. The number of carbonyl (C=O) groups is 3. The molecule has 2 N–H and O–H groups in total. The number of carbonyl (C=O) groups excluding carboxylic acids is 3. The highest BCUT2D eigenvalue weighted by Gasteiger charge is 2.36. The zero-order valence-corrected chi connectivity index (χ0v) is 25.1. The molecule has 0 saturated carbocycles. The Balaban J connectivity index is 3.43. The molecular formula is C30H49N3O4S. The average Bonchev–Trinajstić information content (AvgIpc) is 2.85. The van der Waals surface area contributed by atoms with Crippen molar-refractivity contribution >= 4 is 36.6 Å². The fraction of sp³-hybridized carbons (Fsp3) is 0.633. The molecule has 1 aromatic rings. The van der Waals surface area contributed by atoms with Crippen LogP contribution >= 0.6 is 12.6 Å². The van der Waals surface area contributed by atoms with E-state index in [0.717, 1.165) is 50.5 Å². The van der Waals surface area contributed by atoms with Crippen LogP contribution in [0.25, 0.3) is 6.08 Å². The van der Waals surface area contributed by atoms with Crippen molar-refractivity contribution < 1.29 is 19.1 Å². The van der Waals surface area contributed by atoms with E-state index in [0.29, 0.717) is 12.1 Å². The smallest absolute Gasteiger partial charge is 0.408 e. The van der Waals surface area contributed by atoms with Crippen molar-refractivity contribution in [1.82, 2.24) is 15.5 Å². The van der Waals surface area contributed by atoms with E-state index in [9.17, 15) is 14.4 Å². The van der Waals surface area contributed by atoms with E-state index < -0.39 is 23.8 Å². The highest BCUT2D eigenvalue weighted by molar-refractivity contribution is 7.80. The van der Waals surface area contributed by atoms with Gasteiger partial charge >= 0.3 is 6.09 Å². The van der Waals surface area contributed by atoms with Gasteiger partial charge < -0.3 is 20.3 Å². The molecule has 214 valence electrons. The first-order chi connectivity index (χ1) is 18.0. The van der Waals surface area contributed by atoms with Gasteiger partial charge in [-0.2, -0.15) is 12.6 Å². The largest absolute Gasteiger partial charge is 0.444 e. The minimum absolute atomic E-state index is 0.0420. The first-order valence-electron chi connectivity index (χ1n) is 13.9. The molecule has 38 heavy (non-hydrogen) atoms. The van der Waals surface area contributed by atoms with Gasteiger partial charge in [0.15, 0.2) is 0 Å². The minimum atomic E-state index is -0.949. The molecule has 0 radical (unpaired) electrons. The lowest BCUT2D eigenvalue weighted by Gasteiger charge is -2.35. The van der Waals surface area contributed by atoms with Crippen molar-refractivity contribution in [1.29, 1.82) is 0 Å². The Kier molecular flexibility index (Phi) is 15.2. The van der Waals surface area contributed by atoms with E-state index in [2.05, 4.69) is 43.7 Å². The molecule has 3 atom stereocenters. The van der Waals surface area contributed by atoms with Crippen molar-refractivity contribution in [2.45, 2.75) is 110 Å². The van der Waals surface area contributed by atoms with Gasteiger partial charge in [-0.15, -0.1) is 0 Å². The maximum atomic E-state index is 14.0. The number of thiol groups is 1. The van der Waals surface area contributed by atoms with Crippen molar-refractivity contribution in [3.63, 3.8) is 0 Å². The van der Waals surface area contributed by atoms with Gasteiger partial charge in [0.05, 0.1) is 0 Å². The molecule has 3 unspecified atom stereocenters. The monoisotopic (exact) mass is 547 g/mol. The topological polar surface area (TPSA) is 87.7 Å². The number of ether oxygens (including phenoxy) is 1. The predicted molar refractivity (Wildman–Crippen MR) is 159 cm³/mol. The Labute approximate surface area is 235 Å². The number of nitrogens with one attached hydrogen (secondary N) is 2. The van der Waals surface area contributed by atoms with Crippen LogP contribution in [0.4, 0.5) is 4.79 Å². The molecule has 8 heteroatoms. The zero-order valence-electron chi connectivity index (χ0n) is 24.2. The third-order valence-corrected chi connectivity index (χ3v) is 6.45. The summed E-state index contributed by atoms with van der Waals surface area (Å²) in [5.74, 6) is -0.546. The van der Waals surface area contributed by atoms with E-state index in [1.165, 1.54) is 0 Å². The van der Waals surface area contributed by atoms with Crippen LogP contribution in [0.5, 0.6) is 0 Å². The summed E-state index contributed by atoms with van der Waals surface area (Å²) in [4.78, 5) is 41.9. The minimum Gasteiger partial charge on any atom is -0.444 e. The summed E-state index contributed by atoms with van der Waals surface area (Å²) in [5, 5.41) is 5.77. The third-order valence-electron chi connectivity index (χ3n) is 6.09. The fourth-order valence-electron chi connectivity index (χ4n) is 4.24. The van der Waals surface area contributed by atoms with Crippen LogP contribution in [0.15, 0.2) is 30.8 Å². The number of benzene rings is 1. The number of hydrogen-bond donors (Lipinski definition) is 3. The Hall–Kier alpha value is -2.48. The van der Waals surface area contributed by atoms with Crippen LogP contribution in [0.1, 0.15) is 104 Å². The van der Waals surface area contributed by atoms with Crippen molar-refractivity contribution in [2.24, 2.45) is 0 Å². The number of amides is 3. The van der Waals surface area contributed by atoms with Crippen LogP contribution in [0, 0.1) is 0 Å². The van der Waals surface area contributed by atoms with Gasteiger partial charge in [0.1, 0.15) is 17.7 Å². The quantitative estimate of drug-likeness (QED) is 0.167. The lowest BCUT2D eigenvalue weighted by atomic mass is 9.99. The summed E-state index contributed by atoms with van der Waals surface area (Å²) < 4.78 is 5.38. The SMILES string of the molecule is C=Cc1cccc(C(C(=O)NC(C)CCC)N(CCCCCCC)C(=O)C(CS)NC(=O)OC(C)(C)C)c1. The van der Waals surface area contributed by atoms with Crippen LogP contribution in [-0.4, -0.2) is 52.8 Å². The van der Waals surface area contributed by atoms with E-state index >= 15 is 0 Å². The molecule has 1 aromatic carbocycles. The Morgan fingerprint density at radius 3 is 2.34 bits per heavy atom. The number of hydrogen-bond acceptors (Lipinski definition) is 5. The lowest BCUT2D eigenvalue weighted by molar-refractivity contribution is -0.142. The van der Waals surface area contributed by atoms with Crippen LogP contribution in [0.2, 0.25) is 0 Å². The molecule has 0 aliphatic carbocycles. The van der Waals surface area contributed by atoms with Gasteiger partial charge in [0.2, 0.25) is 11.8 Å². The van der Waals surface area contributed by atoms with E-state index in [1.807, 2.05) is 31.2 Å². The highest BCUT2D eigenvalue weighted by atomic mass is 32.1. The Morgan fingerprint density at radius 2 is 1.76 bits per heavy atom. The third kappa shape index (κ3) is 11.9. The number of nitrogens with zero attached hydrogens (tertiary/aromatic N) is 1. The maximum absolute atomic E-state index is 14.0. The van der Waals surface area contributed by atoms with Crippen LogP contribution in [0.3, 0.4) is 0 Å². The molecule has 1 rings (SSSR count). The summed E-state index contributed by atoms with van der Waals surface area (Å²) >= 11 is 4.36. The molecule has 7 nitrogen and oxygen atoms in total. The fourth-order valence-corrected chi connectivity index (χ4v) is 4.49. The van der Waals surface area contributed by atoms with Gasteiger partial charge in [0, 0.05) is 18.3 Å². The second kappa shape index (κ2) is 17.2. The molecule has 3 amide bonds. The van der Waals surface area contributed by atoms with E-state index in [4.69, 9.17) is 4.74 Å². The van der Waals surface area contributed by atoms with Gasteiger partial charge in [-0.1, -0.05) is 76.8 Å². The maximum Gasteiger partial charge on any atom is 0.408 e. The summed E-state index contributed by atoms with van der Waals surface area (Å²) in [6.07, 6.45) is 7.75. The molecule has 0 fully saturated rings. The predicted octanol–water partition coefficient (Wildman–Crippen LogP) is 6.30. The zero-order chi connectivity index (χ0) is 28.7. The molecule has 0 aromatic heterocycles. The first kappa shape index (κ1) is 33.5. The molecular weight excluding hydrogens is 498 g/mol. The van der Waals surface area contributed by atoms with Crippen molar-refractivity contribution in [3.05, 3.63) is 42.0 Å². The van der Waals surface area contributed by atoms with Crippen molar-refractivity contribution in [2.75, 3.05) is 12.3 Å². The average molecular weight is 548 g/mol. The number of unbranched alkanes of at least 4 members (excludes halogenated alkanes) is 4. The van der Waals surface area contributed by atoms with Gasteiger partial charge in [0.25, 0.3) is 0 Å². The molecule has 0 heterocycles. The molecule has 0 spiro atoms. The Morgan fingerprint density at radius 1 is 1.08 bits per heavy atom. The highest BCUT2D eigenvalue weighted by Crippen LogP contribution is 2.25. The summed E-state index contributed by atoms with van der Waals surface area (Å²) in [6, 6.07) is 5.65. The van der Waals surface area contributed by atoms with Gasteiger partial charge in [-0.3, -0.25) is 9.59 Å². The number of alkyl carbamates (subject to hydrolysis) is 1. The second-order valence-electron chi connectivity index (χ2n) is 10.8. The molecule has 0 aliphatic rings. The second-order valence-corrected chi connectivity index (χ2v) is 11.2. The molecule has 0 bridgehead atoms. The normalized spacial score (nSPS) is 13.7. The standard InChI is InChI=1S/C30H49N3O4S/c1-8-11-12-13-14-19-33(28(35)25(21-38)32-29(36)37-30(5,6)7)26(27(34)31-22(4)16-9-2)24-18-15-17-23(10-3)20-24/h10,15,17-18,20,22,25-26,38H,3,8-9,11-14,16,19,21H2,1-2,4-7H3,(H,31,34)(H,32,36). The Bertz CT molecular complexity index is 900. The summed E-state index contributed by atoms with van der Waals surface area (Å²) in [7, 11) is 0. The molecule has 0 saturated heterocycles. The van der Waals surface area contributed by atoms with E-state index in [1.54, 1.807) is 31.7 Å². The summed E-state index contributed by atoms with van der Waals surface area (Å²) in [5.41, 5.74) is 0.839. The molecule has 0 aliphatic heterocycles. The van der Waals surface area contributed by atoms with Gasteiger partial charge in [-0.05, 0) is 57.7 Å². The number of rotatable bonds is 16. The van der Waals surface area contributed by atoms with Crippen molar-refractivity contribution in [3.8, 4) is 0 Å². The van der Waals surface area contributed by atoms with Gasteiger partial charge in [-0.25, -0.2) is 4.79 Å². The van der Waals surface area contributed by atoms with Crippen LogP contribution in [-0.2, 0) is 14.3 Å². The lowest BCUT2D eigenvalue weighted by Crippen LogP contribution is -2.54. The van der Waals surface area contributed by atoms with E-state index in [-0.39, 0.29) is 23.6 Å². The van der Waals surface area contributed by atoms with Crippen LogP contribution < -0.4 is 10.6 Å². The summed E-state index contributed by atoms with van der Waals surface area (Å²) in [6.45, 7) is 15.7.